The Bertz CT molecular complexity index is 351. The van der Waals surface area contributed by atoms with Gasteiger partial charge >= 0.3 is 0 Å². The molecule has 1 atom stereocenters. The van der Waals surface area contributed by atoms with Crippen molar-refractivity contribution in [3.63, 3.8) is 0 Å². The first-order chi connectivity index (χ1) is 7.16. The zero-order valence-corrected chi connectivity index (χ0v) is 9.04. The highest BCUT2D eigenvalue weighted by Crippen LogP contribution is 2.23. The lowest BCUT2D eigenvalue weighted by atomic mass is 10.0. The Morgan fingerprint density at radius 3 is 2.93 bits per heavy atom. The second kappa shape index (κ2) is 4.19. The van der Waals surface area contributed by atoms with E-state index in [9.17, 15) is 4.39 Å². The number of aryl methyl sites for hydroxylation is 1. The van der Waals surface area contributed by atoms with E-state index in [2.05, 4.69) is 4.90 Å². The van der Waals surface area contributed by atoms with E-state index >= 15 is 0 Å². The average molecular weight is 208 g/mol. The molecule has 2 nitrogen and oxygen atoms in total. The van der Waals surface area contributed by atoms with Gasteiger partial charge in [-0.2, -0.15) is 0 Å². The minimum absolute atomic E-state index is 0.169. The van der Waals surface area contributed by atoms with Crippen LogP contribution in [-0.4, -0.2) is 19.1 Å². The van der Waals surface area contributed by atoms with E-state index in [0.717, 1.165) is 37.2 Å². The van der Waals surface area contributed by atoms with Crippen molar-refractivity contribution in [2.75, 3.05) is 18.0 Å². The van der Waals surface area contributed by atoms with Crippen molar-refractivity contribution >= 4 is 5.69 Å². The molecule has 1 aliphatic rings. The molecule has 0 unspecified atom stereocenters. The molecule has 1 aromatic rings. The fourth-order valence-electron chi connectivity index (χ4n) is 2.20. The third-order valence-electron chi connectivity index (χ3n) is 2.96. The molecule has 0 radical (unpaired) electrons. The lowest BCUT2D eigenvalue weighted by Crippen LogP contribution is -2.43. The van der Waals surface area contributed by atoms with Crippen LogP contribution in [0, 0.1) is 12.7 Å². The third-order valence-corrected chi connectivity index (χ3v) is 2.96. The van der Waals surface area contributed by atoms with Crippen molar-refractivity contribution in [2.24, 2.45) is 5.73 Å². The van der Waals surface area contributed by atoms with Crippen molar-refractivity contribution in [3.05, 3.63) is 29.6 Å². The maximum atomic E-state index is 12.9. The van der Waals surface area contributed by atoms with E-state index < -0.39 is 0 Å². The average Bonchev–Trinajstić information content (AvgIpc) is 2.17. The summed E-state index contributed by atoms with van der Waals surface area (Å²) in [4.78, 5) is 2.25. The molecule has 82 valence electrons. The van der Waals surface area contributed by atoms with Crippen LogP contribution in [0.15, 0.2) is 18.2 Å². The highest BCUT2D eigenvalue weighted by molar-refractivity contribution is 5.53. The number of anilines is 1. The van der Waals surface area contributed by atoms with Crippen molar-refractivity contribution in [1.29, 1.82) is 0 Å². The summed E-state index contributed by atoms with van der Waals surface area (Å²) in [5.74, 6) is -0.169. The van der Waals surface area contributed by atoms with Gasteiger partial charge in [0.15, 0.2) is 0 Å². The highest BCUT2D eigenvalue weighted by atomic mass is 19.1. The Morgan fingerprint density at radius 1 is 1.47 bits per heavy atom. The fourth-order valence-corrected chi connectivity index (χ4v) is 2.20. The highest BCUT2D eigenvalue weighted by Gasteiger charge is 2.18. The summed E-state index contributed by atoms with van der Waals surface area (Å²) in [6.45, 7) is 3.85. The molecule has 0 amide bonds. The first-order valence-electron chi connectivity index (χ1n) is 5.43. The van der Waals surface area contributed by atoms with E-state index in [4.69, 9.17) is 5.73 Å². The lowest BCUT2D eigenvalue weighted by Gasteiger charge is -2.33. The molecule has 1 aromatic carbocycles. The predicted octanol–water partition coefficient (Wildman–Crippen LogP) is 2.06. The Morgan fingerprint density at radius 2 is 2.27 bits per heavy atom. The Kier molecular flexibility index (Phi) is 2.91. The summed E-state index contributed by atoms with van der Waals surface area (Å²) in [5, 5.41) is 0. The monoisotopic (exact) mass is 208 g/mol. The van der Waals surface area contributed by atoms with Crippen LogP contribution in [0.4, 0.5) is 10.1 Å². The van der Waals surface area contributed by atoms with E-state index in [-0.39, 0.29) is 11.9 Å². The van der Waals surface area contributed by atoms with E-state index in [1.54, 1.807) is 6.07 Å². The van der Waals surface area contributed by atoms with E-state index in [1.807, 2.05) is 13.0 Å². The number of piperidine rings is 1. The maximum Gasteiger partial charge on any atom is 0.123 e. The van der Waals surface area contributed by atoms with Crippen LogP contribution in [0.5, 0.6) is 0 Å². The van der Waals surface area contributed by atoms with Crippen LogP contribution in [-0.2, 0) is 0 Å². The Balaban J connectivity index is 2.21. The normalized spacial score (nSPS) is 21.8. The van der Waals surface area contributed by atoms with Crippen LogP contribution < -0.4 is 10.6 Å². The topological polar surface area (TPSA) is 29.3 Å². The van der Waals surface area contributed by atoms with Gasteiger partial charge in [0.25, 0.3) is 0 Å². The van der Waals surface area contributed by atoms with Crippen molar-refractivity contribution in [3.8, 4) is 0 Å². The predicted molar refractivity (Wildman–Crippen MR) is 60.6 cm³/mol. The third kappa shape index (κ3) is 2.29. The Hall–Kier alpha value is -1.09. The van der Waals surface area contributed by atoms with Crippen molar-refractivity contribution < 1.29 is 4.39 Å². The minimum Gasteiger partial charge on any atom is -0.370 e. The molecule has 0 saturated carbocycles. The molecule has 1 fully saturated rings. The lowest BCUT2D eigenvalue weighted by molar-refractivity contribution is 0.505. The first kappa shape index (κ1) is 10.4. The Labute approximate surface area is 89.9 Å². The molecular formula is C12H17FN2. The van der Waals surface area contributed by atoms with Crippen LogP contribution in [0.3, 0.4) is 0 Å². The second-order valence-corrected chi connectivity index (χ2v) is 4.28. The van der Waals surface area contributed by atoms with Gasteiger partial charge in [-0.25, -0.2) is 4.39 Å². The van der Waals surface area contributed by atoms with E-state index in [1.165, 1.54) is 6.07 Å². The molecule has 1 aliphatic heterocycles. The summed E-state index contributed by atoms with van der Waals surface area (Å²) in [6, 6.07) is 5.20. The van der Waals surface area contributed by atoms with Gasteiger partial charge in [-0.15, -0.1) is 0 Å². The van der Waals surface area contributed by atoms with Crippen LogP contribution >= 0.6 is 0 Å². The minimum atomic E-state index is -0.169. The summed E-state index contributed by atoms with van der Waals surface area (Å²) < 4.78 is 12.9. The number of hydrogen-bond donors (Lipinski definition) is 1. The summed E-state index contributed by atoms with van der Waals surface area (Å²) >= 11 is 0. The largest absolute Gasteiger partial charge is 0.370 e. The molecule has 0 aliphatic carbocycles. The number of benzene rings is 1. The van der Waals surface area contributed by atoms with Crippen LogP contribution in [0.2, 0.25) is 0 Å². The number of nitrogens with two attached hydrogens (primary N) is 1. The van der Waals surface area contributed by atoms with Crippen molar-refractivity contribution in [2.45, 2.75) is 25.8 Å². The molecular weight excluding hydrogens is 191 g/mol. The van der Waals surface area contributed by atoms with Gasteiger partial charge in [-0.1, -0.05) is 0 Å². The molecule has 3 heteroatoms. The molecule has 1 heterocycles. The number of halogens is 1. The molecule has 2 rings (SSSR count). The fraction of sp³-hybridized carbons (Fsp3) is 0.500. The van der Waals surface area contributed by atoms with E-state index in [0.29, 0.717) is 0 Å². The SMILES string of the molecule is Cc1cc(F)ccc1N1CCC[C@@H](N)C1. The first-order valence-corrected chi connectivity index (χ1v) is 5.43. The molecule has 0 spiro atoms. The van der Waals surface area contributed by atoms with Gasteiger partial charge in [-0.05, 0) is 43.5 Å². The number of rotatable bonds is 1. The second-order valence-electron chi connectivity index (χ2n) is 4.28. The zero-order valence-electron chi connectivity index (χ0n) is 9.04. The van der Waals surface area contributed by atoms with Gasteiger partial charge in [0.1, 0.15) is 5.82 Å². The quantitative estimate of drug-likeness (QED) is 0.765. The standard InChI is InChI=1S/C12H17FN2/c1-9-7-10(13)4-5-12(9)15-6-2-3-11(14)8-15/h4-5,7,11H,2-3,6,8,14H2,1H3/t11-/m1/s1. The van der Waals surface area contributed by atoms with Gasteiger partial charge in [0, 0.05) is 24.8 Å². The van der Waals surface area contributed by atoms with Gasteiger partial charge in [0.05, 0.1) is 0 Å². The van der Waals surface area contributed by atoms with Gasteiger partial charge in [-0.3, -0.25) is 0 Å². The van der Waals surface area contributed by atoms with Crippen LogP contribution in [0.1, 0.15) is 18.4 Å². The van der Waals surface area contributed by atoms with Crippen LogP contribution in [0.25, 0.3) is 0 Å². The number of hydrogen-bond acceptors (Lipinski definition) is 2. The molecule has 15 heavy (non-hydrogen) atoms. The van der Waals surface area contributed by atoms with Gasteiger partial charge < -0.3 is 10.6 Å². The molecule has 1 saturated heterocycles. The van der Waals surface area contributed by atoms with Crippen molar-refractivity contribution in [1.82, 2.24) is 0 Å². The molecule has 2 N–H and O–H groups in total. The zero-order chi connectivity index (χ0) is 10.8. The number of nitrogens with zero attached hydrogens (tertiary/aromatic N) is 1. The smallest absolute Gasteiger partial charge is 0.123 e. The molecule has 0 bridgehead atoms. The summed E-state index contributed by atoms with van der Waals surface area (Å²) in [6.07, 6.45) is 2.22. The summed E-state index contributed by atoms with van der Waals surface area (Å²) in [5.41, 5.74) is 8.03. The van der Waals surface area contributed by atoms with Gasteiger partial charge in [0.2, 0.25) is 0 Å². The molecule has 0 aromatic heterocycles. The summed E-state index contributed by atoms with van der Waals surface area (Å²) in [7, 11) is 0. The maximum absolute atomic E-state index is 12.9.